The van der Waals surface area contributed by atoms with Crippen molar-refractivity contribution in [2.24, 2.45) is 0 Å². The molecule has 65 heavy (non-hydrogen) atoms. The molecule has 0 bridgehead atoms. The summed E-state index contributed by atoms with van der Waals surface area (Å²) in [5, 5.41) is 43.4. The van der Waals surface area contributed by atoms with Crippen molar-refractivity contribution in [3.05, 3.63) is 142 Å². The number of unbranched alkanes of at least 4 members (excludes halogenated alkanes) is 16. The van der Waals surface area contributed by atoms with Gasteiger partial charge in [-0.25, -0.2) is 0 Å². The molecule has 0 saturated carbocycles. The first-order valence-electron chi connectivity index (χ1n) is 24.2. The number of aryl methyl sites for hydroxylation is 4. The first-order chi connectivity index (χ1) is 31.0. The summed E-state index contributed by atoms with van der Waals surface area (Å²) in [5.74, 6) is -4.26. The number of rotatable bonds is 28. The summed E-state index contributed by atoms with van der Waals surface area (Å²) in [6.45, 7) is 8.74. The van der Waals surface area contributed by atoms with Gasteiger partial charge < -0.3 is 39.6 Å². The van der Waals surface area contributed by atoms with Crippen LogP contribution in [0.5, 0.6) is 0 Å². The predicted molar refractivity (Wildman–Crippen MR) is 259 cm³/mol. The van der Waals surface area contributed by atoms with Crippen molar-refractivity contribution < 1.29 is 39.6 Å². The Balaban J connectivity index is 0.000000836. The number of carboxylic acids is 4. The molecule has 8 nitrogen and oxygen atoms in total. The fourth-order valence-electron chi connectivity index (χ4n) is 7.43. The van der Waals surface area contributed by atoms with Crippen LogP contribution in [-0.2, 0) is 25.7 Å². The molecule has 0 N–H and O–H groups in total. The summed E-state index contributed by atoms with van der Waals surface area (Å²) in [6.07, 6.45) is 27.3. The molecule has 0 saturated heterocycles. The molecule has 0 atom stereocenters. The number of carboxylic acid groups (broad SMARTS) is 4. The molecule has 0 aliphatic rings. The molecule has 0 unspecified atom stereocenters. The minimum Gasteiger partial charge on any atom is -0.545 e. The van der Waals surface area contributed by atoms with Crippen molar-refractivity contribution >= 4 is 51.2 Å². The van der Waals surface area contributed by atoms with Crippen LogP contribution >= 0.6 is 0 Å². The van der Waals surface area contributed by atoms with E-state index in [-0.39, 0.29) is 27.3 Å². The Morgan fingerprint density at radius 2 is 0.462 bits per heavy atom. The number of carbonyl (C=O) groups excluding carboxylic acids is 4. The average Bonchev–Trinajstić information content (AvgIpc) is 3.30. The van der Waals surface area contributed by atoms with Crippen molar-refractivity contribution in [3.63, 3.8) is 0 Å². The van der Waals surface area contributed by atoms with Gasteiger partial charge in [-0.2, -0.15) is 0 Å². The standard InChI is InChI=1S/4C14H20O2.Pb/c4*1-2-3-4-5-6-9-12-10-7-8-11-13(12)14(15)16;/h4*7-8,10-11H,2-6,9H2,1H3,(H,15,16);/p-4. The molecule has 356 valence electrons. The maximum absolute atomic E-state index is 10.8. The van der Waals surface area contributed by atoms with Crippen LogP contribution in [0.1, 0.15) is 220 Å². The summed E-state index contributed by atoms with van der Waals surface area (Å²) in [5.41, 5.74) is 4.99. The molecular formula is C56H76O8Pb-4. The van der Waals surface area contributed by atoms with Crippen LogP contribution in [-0.4, -0.2) is 51.2 Å². The minimum atomic E-state index is -1.07. The van der Waals surface area contributed by atoms with Gasteiger partial charge >= 0.3 is 0 Å². The van der Waals surface area contributed by atoms with E-state index in [1.165, 1.54) is 103 Å². The van der Waals surface area contributed by atoms with Crippen LogP contribution in [0.2, 0.25) is 0 Å². The van der Waals surface area contributed by atoms with Crippen molar-refractivity contribution in [3.8, 4) is 0 Å². The number of hydrogen-bond donors (Lipinski definition) is 0. The van der Waals surface area contributed by atoms with E-state index >= 15 is 0 Å². The Morgan fingerprint density at radius 3 is 0.631 bits per heavy atom. The van der Waals surface area contributed by atoms with Crippen LogP contribution in [0.4, 0.5) is 0 Å². The summed E-state index contributed by atoms with van der Waals surface area (Å²) < 4.78 is 0. The summed E-state index contributed by atoms with van der Waals surface area (Å²) in [4.78, 5) is 43.4. The van der Waals surface area contributed by atoms with E-state index < -0.39 is 23.9 Å². The van der Waals surface area contributed by atoms with E-state index in [0.717, 1.165) is 73.6 Å². The van der Waals surface area contributed by atoms with Crippen molar-refractivity contribution in [1.29, 1.82) is 0 Å². The van der Waals surface area contributed by atoms with Gasteiger partial charge in [0.1, 0.15) is 0 Å². The Morgan fingerprint density at radius 1 is 0.292 bits per heavy atom. The second kappa shape index (κ2) is 40.0. The van der Waals surface area contributed by atoms with Crippen molar-refractivity contribution in [1.82, 2.24) is 0 Å². The summed E-state index contributed by atoms with van der Waals surface area (Å²) in [7, 11) is 0. The van der Waals surface area contributed by atoms with Gasteiger partial charge in [0.2, 0.25) is 0 Å². The Bertz CT molecular complexity index is 1600. The third-order valence-electron chi connectivity index (χ3n) is 11.1. The zero-order valence-electron chi connectivity index (χ0n) is 40.0. The van der Waals surface area contributed by atoms with Crippen LogP contribution in [0.25, 0.3) is 0 Å². The normalized spacial score (nSPS) is 10.2. The maximum atomic E-state index is 10.8. The fourth-order valence-corrected chi connectivity index (χ4v) is 7.43. The van der Waals surface area contributed by atoms with Gasteiger partial charge in [0.25, 0.3) is 0 Å². The van der Waals surface area contributed by atoms with E-state index in [0.29, 0.717) is 22.3 Å². The number of hydrogen-bond acceptors (Lipinski definition) is 8. The third-order valence-corrected chi connectivity index (χ3v) is 11.1. The van der Waals surface area contributed by atoms with E-state index in [2.05, 4.69) is 27.7 Å². The largest absolute Gasteiger partial charge is 0.545 e. The van der Waals surface area contributed by atoms with Crippen LogP contribution < -0.4 is 20.4 Å². The van der Waals surface area contributed by atoms with Crippen LogP contribution in [0, 0.1) is 0 Å². The molecule has 0 aromatic heterocycles. The minimum absolute atomic E-state index is 0. The number of aromatic carboxylic acids is 4. The van der Waals surface area contributed by atoms with Gasteiger partial charge in [-0.1, -0.05) is 227 Å². The van der Waals surface area contributed by atoms with E-state index in [4.69, 9.17) is 0 Å². The fraction of sp³-hybridized carbons (Fsp3) is 0.500. The Hall–Kier alpha value is -4.32. The smallest absolute Gasteiger partial charge is 0.0718 e. The molecule has 4 radical (unpaired) electrons. The zero-order chi connectivity index (χ0) is 47.2. The van der Waals surface area contributed by atoms with Gasteiger partial charge in [0.05, 0.1) is 23.9 Å². The SMILES string of the molecule is CCCCCCCc1ccccc1C(=O)[O-].CCCCCCCc1ccccc1C(=O)[O-].CCCCCCCc1ccccc1C(=O)[O-].CCCCCCCc1ccccc1C(=O)[O-].[Pb]. The maximum Gasteiger partial charge on any atom is 0.0718 e. The van der Waals surface area contributed by atoms with Gasteiger partial charge in [-0.3, -0.25) is 0 Å². The third kappa shape index (κ3) is 28.4. The van der Waals surface area contributed by atoms with Gasteiger partial charge in [0.15, 0.2) is 0 Å². The second-order valence-electron chi connectivity index (χ2n) is 16.4. The molecule has 0 amide bonds. The molecule has 0 aliphatic carbocycles. The molecular weight excluding hydrogens is 1010 g/mol. The van der Waals surface area contributed by atoms with E-state index in [9.17, 15) is 39.6 Å². The number of benzene rings is 4. The van der Waals surface area contributed by atoms with E-state index in [1.807, 2.05) is 48.5 Å². The molecule has 0 heterocycles. The van der Waals surface area contributed by atoms with Gasteiger partial charge in [-0.05, 0) is 73.6 Å². The summed E-state index contributed by atoms with van der Waals surface area (Å²) in [6, 6.07) is 28.5. The Kier molecular flexibility index (Phi) is 37.3. The quantitative estimate of drug-likeness (QED) is 0.0401. The second-order valence-corrected chi connectivity index (χ2v) is 16.4. The molecule has 9 heteroatoms. The van der Waals surface area contributed by atoms with Gasteiger partial charge in [-0.15, -0.1) is 0 Å². The molecule has 4 aromatic carbocycles. The van der Waals surface area contributed by atoms with Crippen molar-refractivity contribution in [2.45, 2.75) is 182 Å². The van der Waals surface area contributed by atoms with E-state index in [1.54, 1.807) is 48.5 Å². The molecule has 4 aromatic rings. The molecule has 0 aliphatic heterocycles. The molecule has 0 spiro atoms. The molecule has 0 fully saturated rings. The average molecular weight is 1080 g/mol. The van der Waals surface area contributed by atoms with Gasteiger partial charge in [0, 0.05) is 49.6 Å². The monoisotopic (exact) mass is 1080 g/mol. The topological polar surface area (TPSA) is 161 Å². The predicted octanol–water partition coefficient (Wildman–Crippen LogP) is 9.87. The van der Waals surface area contributed by atoms with Crippen LogP contribution in [0.15, 0.2) is 97.1 Å². The van der Waals surface area contributed by atoms with Crippen molar-refractivity contribution in [2.75, 3.05) is 0 Å². The molecule has 4 rings (SSSR count). The zero-order valence-corrected chi connectivity index (χ0v) is 43.9. The first-order valence-corrected chi connectivity index (χ1v) is 24.2. The summed E-state index contributed by atoms with van der Waals surface area (Å²) >= 11 is 0. The van der Waals surface area contributed by atoms with Crippen LogP contribution in [0.3, 0.4) is 0 Å². The first kappa shape index (κ1) is 60.7. The number of carbonyl (C=O) groups is 4. The Labute approximate surface area is 411 Å².